The van der Waals surface area contributed by atoms with Crippen molar-refractivity contribution in [2.75, 3.05) is 26.2 Å². The predicted molar refractivity (Wildman–Crippen MR) is 86.2 cm³/mol. The van der Waals surface area contributed by atoms with Gasteiger partial charge in [0.15, 0.2) is 0 Å². The van der Waals surface area contributed by atoms with Gasteiger partial charge in [0, 0.05) is 30.7 Å². The van der Waals surface area contributed by atoms with Crippen molar-refractivity contribution >= 4 is 10.9 Å². The van der Waals surface area contributed by atoms with Gasteiger partial charge in [-0.25, -0.2) is 4.39 Å². The standard InChI is InChI=1S/C18H22FN3/c19-17-7-6-14(18-16(17)5-1-8-20-18)12-21-9-3-11-22-10-2-4-15(22)13-21/h1,5-8,15H,2-4,9-13H2/t15-/m0/s1. The second-order valence-corrected chi connectivity index (χ2v) is 6.53. The average molecular weight is 299 g/mol. The maximum atomic E-state index is 13.9. The SMILES string of the molecule is Fc1ccc(CN2CCCN3CCC[C@H]3C2)c2ncccc12. The van der Waals surface area contributed by atoms with Crippen molar-refractivity contribution in [2.24, 2.45) is 0 Å². The molecule has 0 N–H and O–H groups in total. The number of fused-ring (bicyclic) bond motifs is 2. The zero-order valence-corrected chi connectivity index (χ0v) is 12.8. The summed E-state index contributed by atoms with van der Waals surface area (Å²) in [7, 11) is 0. The van der Waals surface area contributed by atoms with E-state index in [0.29, 0.717) is 11.4 Å². The summed E-state index contributed by atoms with van der Waals surface area (Å²) in [4.78, 5) is 9.59. The van der Waals surface area contributed by atoms with Gasteiger partial charge in [-0.15, -0.1) is 0 Å². The molecule has 0 radical (unpaired) electrons. The highest BCUT2D eigenvalue weighted by Crippen LogP contribution is 2.25. The summed E-state index contributed by atoms with van der Waals surface area (Å²) >= 11 is 0. The first-order valence-electron chi connectivity index (χ1n) is 8.30. The van der Waals surface area contributed by atoms with E-state index in [1.165, 1.54) is 32.4 Å². The highest BCUT2D eigenvalue weighted by Gasteiger charge is 2.28. The fourth-order valence-electron chi connectivity index (χ4n) is 3.99. The molecule has 0 aliphatic carbocycles. The van der Waals surface area contributed by atoms with Gasteiger partial charge < -0.3 is 0 Å². The first-order chi connectivity index (χ1) is 10.8. The monoisotopic (exact) mass is 299 g/mol. The Hall–Kier alpha value is -1.52. The number of rotatable bonds is 2. The third-order valence-electron chi connectivity index (χ3n) is 5.08. The van der Waals surface area contributed by atoms with Gasteiger partial charge in [0.1, 0.15) is 5.82 Å². The van der Waals surface area contributed by atoms with Crippen molar-refractivity contribution in [1.29, 1.82) is 0 Å². The highest BCUT2D eigenvalue weighted by molar-refractivity contribution is 5.82. The molecule has 2 aliphatic heterocycles. The molecule has 116 valence electrons. The summed E-state index contributed by atoms with van der Waals surface area (Å²) in [5.41, 5.74) is 1.96. The minimum Gasteiger partial charge on any atom is -0.299 e. The molecule has 3 heterocycles. The summed E-state index contributed by atoms with van der Waals surface area (Å²) in [5, 5.41) is 0.636. The van der Waals surface area contributed by atoms with Gasteiger partial charge in [0.05, 0.1) is 5.52 Å². The van der Waals surface area contributed by atoms with E-state index >= 15 is 0 Å². The van der Waals surface area contributed by atoms with E-state index in [2.05, 4.69) is 14.8 Å². The minimum absolute atomic E-state index is 0.176. The van der Waals surface area contributed by atoms with Crippen LogP contribution in [-0.2, 0) is 6.54 Å². The minimum atomic E-state index is -0.176. The number of aromatic nitrogens is 1. The third-order valence-corrected chi connectivity index (χ3v) is 5.08. The lowest BCUT2D eigenvalue weighted by Gasteiger charge is -2.25. The molecule has 0 saturated carbocycles. The van der Waals surface area contributed by atoms with Crippen molar-refractivity contribution in [1.82, 2.24) is 14.8 Å². The molecule has 2 aliphatic rings. The summed E-state index contributed by atoms with van der Waals surface area (Å²) in [6.45, 7) is 5.62. The molecule has 1 atom stereocenters. The van der Waals surface area contributed by atoms with Gasteiger partial charge in [0.25, 0.3) is 0 Å². The lowest BCUT2D eigenvalue weighted by atomic mass is 10.1. The van der Waals surface area contributed by atoms with Crippen LogP contribution in [-0.4, -0.2) is 47.0 Å². The third kappa shape index (κ3) is 2.61. The van der Waals surface area contributed by atoms with Gasteiger partial charge in [0.2, 0.25) is 0 Å². The van der Waals surface area contributed by atoms with Crippen LogP contribution in [0.15, 0.2) is 30.5 Å². The van der Waals surface area contributed by atoms with E-state index in [4.69, 9.17) is 0 Å². The van der Waals surface area contributed by atoms with Crippen LogP contribution in [0.1, 0.15) is 24.8 Å². The fraction of sp³-hybridized carbons (Fsp3) is 0.500. The van der Waals surface area contributed by atoms with Crippen molar-refractivity contribution in [2.45, 2.75) is 31.8 Å². The second kappa shape index (κ2) is 5.94. The lowest BCUT2D eigenvalue weighted by Crippen LogP contribution is -2.36. The van der Waals surface area contributed by atoms with E-state index in [9.17, 15) is 4.39 Å². The van der Waals surface area contributed by atoms with Crippen molar-refractivity contribution < 1.29 is 4.39 Å². The largest absolute Gasteiger partial charge is 0.299 e. The quantitative estimate of drug-likeness (QED) is 0.849. The molecule has 4 rings (SSSR count). The van der Waals surface area contributed by atoms with Crippen LogP contribution >= 0.6 is 0 Å². The summed E-state index contributed by atoms with van der Waals surface area (Å²) < 4.78 is 13.9. The van der Waals surface area contributed by atoms with Crippen LogP contribution in [0.5, 0.6) is 0 Å². The Kier molecular flexibility index (Phi) is 3.80. The maximum absolute atomic E-state index is 13.9. The van der Waals surface area contributed by atoms with E-state index in [0.717, 1.165) is 30.7 Å². The van der Waals surface area contributed by atoms with Gasteiger partial charge in [-0.1, -0.05) is 6.07 Å². The molecule has 2 aromatic rings. The van der Waals surface area contributed by atoms with Crippen molar-refractivity contribution in [3.63, 3.8) is 0 Å². The summed E-state index contributed by atoms with van der Waals surface area (Å²) in [5.74, 6) is -0.176. The Bertz CT molecular complexity index is 672. The average Bonchev–Trinajstić information content (AvgIpc) is 2.89. The Morgan fingerprint density at radius 3 is 3.00 bits per heavy atom. The predicted octanol–water partition coefficient (Wildman–Crippen LogP) is 3.04. The molecule has 4 heteroatoms. The molecule has 0 unspecified atom stereocenters. The molecule has 2 fully saturated rings. The molecule has 1 aromatic heterocycles. The van der Waals surface area contributed by atoms with Crippen molar-refractivity contribution in [3.05, 3.63) is 41.8 Å². The van der Waals surface area contributed by atoms with E-state index in [-0.39, 0.29) is 5.82 Å². The summed E-state index contributed by atoms with van der Waals surface area (Å²) in [6, 6.07) is 7.82. The molecule has 0 spiro atoms. The highest BCUT2D eigenvalue weighted by atomic mass is 19.1. The zero-order chi connectivity index (χ0) is 14.9. The molecule has 2 saturated heterocycles. The first kappa shape index (κ1) is 14.1. The summed E-state index contributed by atoms with van der Waals surface area (Å²) in [6.07, 6.45) is 5.63. The van der Waals surface area contributed by atoms with E-state index in [1.807, 2.05) is 12.1 Å². The number of hydrogen-bond donors (Lipinski definition) is 0. The van der Waals surface area contributed by atoms with Crippen LogP contribution < -0.4 is 0 Å². The van der Waals surface area contributed by atoms with Crippen LogP contribution in [0.3, 0.4) is 0 Å². The van der Waals surface area contributed by atoms with Gasteiger partial charge >= 0.3 is 0 Å². The number of hydrogen-bond acceptors (Lipinski definition) is 3. The second-order valence-electron chi connectivity index (χ2n) is 6.53. The number of nitrogens with zero attached hydrogens (tertiary/aromatic N) is 3. The van der Waals surface area contributed by atoms with Crippen LogP contribution in [0, 0.1) is 5.82 Å². The lowest BCUT2D eigenvalue weighted by molar-refractivity contribution is 0.216. The molecular weight excluding hydrogens is 277 g/mol. The van der Waals surface area contributed by atoms with Crippen molar-refractivity contribution in [3.8, 4) is 0 Å². The van der Waals surface area contributed by atoms with Crippen LogP contribution in [0.25, 0.3) is 10.9 Å². The fourth-order valence-corrected chi connectivity index (χ4v) is 3.99. The Balaban J connectivity index is 1.59. The van der Waals surface area contributed by atoms with E-state index < -0.39 is 0 Å². The molecule has 3 nitrogen and oxygen atoms in total. The number of benzene rings is 1. The van der Waals surface area contributed by atoms with Crippen LogP contribution in [0.4, 0.5) is 4.39 Å². The number of pyridine rings is 1. The molecule has 0 amide bonds. The van der Waals surface area contributed by atoms with Crippen LogP contribution in [0.2, 0.25) is 0 Å². The Morgan fingerprint density at radius 2 is 2.05 bits per heavy atom. The maximum Gasteiger partial charge on any atom is 0.132 e. The topological polar surface area (TPSA) is 19.4 Å². The Labute approximate surface area is 130 Å². The smallest absolute Gasteiger partial charge is 0.132 e. The normalized spacial score (nSPS) is 23.6. The zero-order valence-electron chi connectivity index (χ0n) is 12.8. The molecule has 0 bridgehead atoms. The van der Waals surface area contributed by atoms with E-state index in [1.54, 1.807) is 18.3 Å². The van der Waals surface area contributed by atoms with Gasteiger partial charge in [-0.05, 0) is 62.7 Å². The molecule has 1 aromatic carbocycles. The molecular formula is C18H22FN3. The number of halogens is 1. The first-order valence-corrected chi connectivity index (χ1v) is 8.30. The van der Waals surface area contributed by atoms with Gasteiger partial charge in [-0.2, -0.15) is 0 Å². The Morgan fingerprint density at radius 1 is 1.14 bits per heavy atom. The van der Waals surface area contributed by atoms with Gasteiger partial charge in [-0.3, -0.25) is 14.8 Å². The molecule has 22 heavy (non-hydrogen) atoms.